The van der Waals surface area contributed by atoms with Gasteiger partial charge in [-0.1, -0.05) is 39.3 Å². The van der Waals surface area contributed by atoms with Crippen molar-refractivity contribution in [2.24, 2.45) is 11.7 Å². The van der Waals surface area contributed by atoms with E-state index in [0.29, 0.717) is 37.9 Å². The average molecular weight is 571 g/mol. The van der Waals surface area contributed by atoms with Crippen molar-refractivity contribution in [2.45, 2.75) is 77.8 Å². The number of benzene rings is 1. The van der Waals surface area contributed by atoms with E-state index < -0.39 is 29.9 Å². The maximum Gasteiger partial charge on any atom is 0.312 e. The molecule has 41 heavy (non-hydrogen) atoms. The molecule has 1 heterocycles. The Bertz CT molecular complexity index is 1100. The van der Waals surface area contributed by atoms with E-state index in [0.717, 1.165) is 16.9 Å². The number of rotatable bonds is 17. The van der Waals surface area contributed by atoms with Crippen molar-refractivity contribution in [1.29, 1.82) is 0 Å². The van der Waals surface area contributed by atoms with Crippen molar-refractivity contribution in [3.8, 4) is 0 Å². The standard InChI is InChI=1S/C29H42N6O6/c1-4-20-11-13-21(14-12-20)32-27(39)22(9-8-17-31-29(30)41)33-28(40)26(19(2)3)34-23(36)10-6-5-7-18-35-24(37)15-16-25(35)38/h11-16,19,22,26H,4-10,17-18H2,1-3H3,(H,32,39)(H,33,40)(H,34,36)(H3,30,31,41)/t22-,26?/m0/s1. The fourth-order valence-electron chi connectivity index (χ4n) is 4.27. The third-order valence-corrected chi connectivity index (χ3v) is 6.68. The summed E-state index contributed by atoms with van der Waals surface area (Å²) in [6, 6.07) is 4.95. The number of carbonyl (C=O) groups is 6. The molecule has 1 aromatic rings. The molecule has 1 aliphatic heterocycles. The summed E-state index contributed by atoms with van der Waals surface area (Å²) in [6.07, 6.45) is 5.86. The van der Waals surface area contributed by atoms with Crippen molar-refractivity contribution in [1.82, 2.24) is 20.9 Å². The highest BCUT2D eigenvalue weighted by Crippen LogP contribution is 2.13. The molecule has 0 aromatic heterocycles. The first-order valence-electron chi connectivity index (χ1n) is 14.1. The van der Waals surface area contributed by atoms with E-state index >= 15 is 0 Å². The Morgan fingerprint density at radius 1 is 0.878 bits per heavy atom. The highest BCUT2D eigenvalue weighted by molar-refractivity contribution is 6.12. The molecular formula is C29H42N6O6. The normalized spacial score (nSPS) is 14.1. The lowest BCUT2D eigenvalue weighted by Gasteiger charge is -2.25. The van der Waals surface area contributed by atoms with Gasteiger partial charge in [0.25, 0.3) is 11.8 Å². The highest BCUT2D eigenvalue weighted by Gasteiger charge is 2.29. The van der Waals surface area contributed by atoms with Gasteiger partial charge in [-0.05, 0) is 55.7 Å². The maximum absolute atomic E-state index is 13.2. The number of aryl methyl sites for hydroxylation is 1. The van der Waals surface area contributed by atoms with E-state index in [1.807, 2.05) is 19.1 Å². The van der Waals surface area contributed by atoms with Gasteiger partial charge in [0.05, 0.1) is 0 Å². The first kappa shape index (κ1) is 33.0. The second-order valence-corrected chi connectivity index (χ2v) is 10.3. The molecule has 1 unspecified atom stereocenters. The number of nitrogens with zero attached hydrogens (tertiary/aromatic N) is 1. The topological polar surface area (TPSA) is 180 Å². The molecule has 2 rings (SSSR count). The van der Waals surface area contributed by atoms with Crippen LogP contribution in [0.15, 0.2) is 36.4 Å². The molecular weight excluding hydrogens is 528 g/mol. The molecule has 1 aromatic carbocycles. The van der Waals surface area contributed by atoms with E-state index in [4.69, 9.17) is 5.73 Å². The summed E-state index contributed by atoms with van der Waals surface area (Å²) in [4.78, 5) is 74.3. The fourth-order valence-corrected chi connectivity index (χ4v) is 4.27. The molecule has 12 nitrogen and oxygen atoms in total. The Labute approximate surface area is 240 Å². The van der Waals surface area contributed by atoms with Crippen molar-refractivity contribution in [3.05, 3.63) is 42.0 Å². The van der Waals surface area contributed by atoms with Gasteiger partial charge < -0.3 is 27.0 Å². The van der Waals surface area contributed by atoms with Crippen LogP contribution in [0.25, 0.3) is 0 Å². The van der Waals surface area contributed by atoms with Gasteiger partial charge in [-0.15, -0.1) is 0 Å². The van der Waals surface area contributed by atoms with Gasteiger partial charge >= 0.3 is 6.03 Å². The van der Waals surface area contributed by atoms with Crippen LogP contribution in [-0.2, 0) is 30.4 Å². The Balaban J connectivity index is 1.92. The Hall–Kier alpha value is -4.22. The van der Waals surface area contributed by atoms with E-state index in [2.05, 4.69) is 21.3 Å². The zero-order chi connectivity index (χ0) is 30.4. The molecule has 224 valence electrons. The number of hydrogen-bond donors (Lipinski definition) is 5. The van der Waals surface area contributed by atoms with Crippen LogP contribution in [0.1, 0.15) is 64.9 Å². The minimum Gasteiger partial charge on any atom is -0.352 e. The summed E-state index contributed by atoms with van der Waals surface area (Å²) >= 11 is 0. The number of primary amides is 1. The predicted octanol–water partition coefficient (Wildman–Crippen LogP) is 1.75. The number of urea groups is 1. The second-order valence-electron chi connectivity index (χ2n) is 10.3. The molecule has 0 saturated heterocycles. The first-order valence-corrected chi connectivity index (χ1v) is 14.1. The summed E-state index contributed by atoms with van der Waals surface area (Å²) in [6.45, 7) is 6.15. The van der Waals surface area contributed by atoms with E-state index in [1.54, 1.807) is 26.0 Å². The van der Waals surface area contributed by atoms with Crippen LogP contribution in [0.5, 0.6) is 0 Å². The van der Waals surface area contributed by atoms with Crippen LogP contribution in [0.2, 0.25) is 0 Å². The maximum atomic E-state index is 13.2. The van der Waals surface area contributed by atoms with Crippen molar-refractivity contribution in [3.63, 3.8) is 0 Å². The molecule has 0 aliphatic carbocycles. The Morgan fingerprint density at radius 3 is 2.12 bits per heavy atom. The smallest absolute Gasteiger partial charge is 0.312 e. The molecule has 6 N–H and O–H groups in total. The zero-order valence-electron chi connectivity index (χ0n) is 24.0. The summed E-state index contributed by atoms with van der Waals surface area (Å²) < 4.78 is 0. The van der Waals surface area contributed by atoms with Crippen LogP contribution in [0.4, 0.5) is 10.5 Å². The van der Waals surface area contributed by atoms with Crippen LogP contribution in [-0.4, -0.2) is 65.6 Å². The lowest BCUT2D eigenvalue weighted by Crippen LogP contribution is -2.54. The molecule has 1 aliphatic rings. The number of nitrogens with two attached hydrogens (primary N) is 1. The van der Waals surface area contributed by atoms with E-state index in [-0.39, 0.29) is 43.0 Å². The van der Waals surface area contributed by atoms with Gasteiger partial charge in [-0.25, -0.2) is 4.79 Å². The Kier molecular flexibility index (Phi) is 13.5. The van der Waals surface area contributed by atoms with Gasteiger partial charge in [-0.3, -0.25) is 28.9 Å². The monoisotopic (exact) mass is 570 g/mol. The summed E-state index contributed by atoms with van der Waals surface area (Å²) in [5.74, 6) is -2.12. The van der Waals surface area contributed by atoms with E-state index in [1.165, 1.54) is 12.2 Å². The minimum atomic E-state index is -0.910. The second kappa shape index (κ2) is 16.8. The lowest BCUT2D eigenvalue weighted by atomic mass is 10.0. The van der Waals surface area contributed by atoms with Crippen molar-refractivity contribution in [2.75, 3.05) is 18.4 Å². The molecule has 2 atom stereocenters. The third-order valence-electron chi connectivity index (χ3n) is 6.68. The zero-order valence-corrected chi connectivity index (χ0v) is 24.0. The van der Waals surface area contributed by atoms with Gasteiger partial charge in [-0.2, -0.15) is 0 Å². The molecule has 12 heteroatoms. The number of nitrogens with one attached hydrogen (secondary N) is 4. The van der Waals surface area contributed by atoms with E-state index in [9.17, 15) is 28.8 Å². The summed E-state index contributed by atoms with van der Waals surface area (Å²) in [7, 11) is 0. The fraction of sp³-hybridized carbons (Fsp3) is 0.517. The Morgan fingerprint density at radius 2 is 1.54 bits per heavy atom. The number of anilines is 1. The molecule has 0 radical (unpaired) electrons. The molecule has 0 saturated carbocycles. The molecule has 7 amide bonds. The first-order chi connectivity index (χ1) is 19.5. The SMILES string of the molecule is CCc1ccc(NC(=O)[C@H](CCCNC(N)=O)NC(=O)C(NC(=O)CCCCCN2C(=O)C=CC2=O)C(C)C)cc1. The number of amides is 7. The highest BCUT2D eigenvalue weighted by atomic mass is 16.2. The number of imide groups is 1. The average Bonchev–Trinajstić information content (AvgIpc) is 3.25. The largest absolute Gasteiger partial charge is 0.352 e. The van der Waals surface area contributed by atoms with Gasteiger partial charge in [0.1, 0.15) is 12.1 Å². The quantitative estimate of drug-likeness (QED) is 0.141. The lowest BCUT2D eigenvalue weighted by molar-refractivity contribution is -0.137. The van der Waals surface area contributed by atoms with Crippen LogP contribution >= 0.6 is 0 Å². The number of unbranched alkanes of at least 4 members (excludes halogenated alkanes) is 2. The molecule has 0 spiro atoms. The molecule has 0 fully saturated rings. The number of hydrogen-bond acceptors (Lipinski definition) is 6. The summed E-state index contributed by atoms with van der Waals surface area (Å²) in [5.41, 5.74) is 6.82. The molecule has 0 bridgehead atoms. The van der Waals surface area contributed by atoms with Gasteiger partial charge in [0.15, 0.2) is 0 Å². The predicted molar refractivity (Wildman–Crippen MR) is 154 cm³/mol. The van der Waals surface area contributed by atoms with Crippen LogP contribution in [0, 0.1) is 5.92 Å². The van der Waals surface area contributed by atoms with Gasteiger partial charge in [0.2, 0.25) is 17.7 Å². The van der Waals surface area contributed by atoms with Crippen molar-refractivity contribution >= 4 is 41.3 Å². The van der Waals surface area contributed by atoms with Crippen molar-refractivity contribution < 1.29 is 28.8 Å². The third kappa shape index (κ3) is 11.4. The minimum absolute atomic E-state index is 0.174. The summed E-state index contributed by atoms with van der Waals surface area (Å²) in [5, 5.41) is 10.8. The van der Waals surface area contributed by atoms with Gasteiger partial charge in [0, 0.05) is 37.3 Å². The van der Waals surface area contributed by atoms with Crippen LogP contribution in [0.3, 0.4) is 0 Å². The number of carbonyl (C=O) groups excluding carboxylic acids is 6. The van der Waals surface area contributed by atoms with Crippen LogP contribution < -0.4 is 27.0 Å².